The second-order valence-electron chi connectivity index (χ2n) is 12.6. The fraction of sp³-hybridized carbons (Fsp3) is 0.571. The molecule has 1 aliphatic rings. The second-order valence-corrected chi connectivity index (χ2v) is 17.4. The number of nitrogens with zero attached hydrogens (tertiary/aromatic N) is 3. The van der Waals surface area contributed by atoms with Gasteiger partial charge in [-0.3, -0.25) is 0 Å². The third kappa shape index (κ3) is 5.70. The van der Waals surface area contributed by atoms with Gasteiger partial charge in [0.1, 0.15) is 5.75 Å². The number of pyridine rings is 1. The molecule has 0 bridgehead atoms. The van der Waals surface area contributed by atoms with Crippen LogP contribution in [0.5, 0.6) is 5.75 Å². The van der Waals surface area contributed by atoms with Crippen LogP contribution in [0, 0.1) is 0 Å². The summed E-state index contributed by atoms with van der Waals surface area (Å²) in [6.45, 7) is 20.2. The van der Waals surface area contributed by atoms with Gasteiger partial charge in [0.2, 0.25) is 0 Å². The average Bonchev–Trinajstić information content (AvgIpc) is 3.35. The Morgan fingerprint density at radius 2 is 1.76 bits per heavy atom. The van der Waals surface area contributed by atoms with E-state index in [0.717, 1.165) is 22.1 Å². The standard InChI is InChI=1S/C28H42BN3O5Si/c1-26(2,3)38(8,9)35-19-21-12-10-13-25(31-21)32-23-16-20(29-36-27(4,5)28(6,7)37-29)17-24(22(23)18-30-32)34-15-11-14-33/h10,12-13,16-18,33H,11,14-15,19H2,1-9H3. The lowest BCUT2D eigenvalue weighted by Gasteiger charge is -2.36. The first-order valence-corrected chi connectivity index (χ1v) is 16.3. The maximum Gasteiger partial charge on any atom is 0.495 e. The van der Waals surface area contributed by atoms with E-state index in [1.54, 1.807) is 6.20 Å². The topological polar surface area (TPSA) is 87.9 Å². The van der Waals surface area contributed by atoms with Gasteiger partial charge in [-0.15, -0.1) is 0 Å². The number of ether oxygens (including phenoxy) is 1. The van der Waals surface area contributed by atoms with Crippen LogP contribution in [0.15, 0.2) is 36.5 Å². The van der Waals surface area contributed by atoms with E-state index in [-0.39, 0.29) is 11.6 Å². The Morgan fingerprint density at radius 3 is 2.39 bits per heavy atom. The molecular weight excluding hydrogens is 497 g/mol. The van der Waals surface area contributed by atoms with Crippen molar-refractivity contribution in [3.8, 4) is 11.6 Å². The van der Waals surface area contributed by atoms with Gasteiger partial charge in [-0.05, 0) is 75.6 Å². The van der Waals surface area contributed by atoms with Crippen LogP contribution < -0.4 is 10.2 Å². The Bertz CT molecular complexity index is 1270. The fourth-order valence-electron chi connectivity index (χ4n) is 3.92. The molecule has 1 fully saturated rings. The Labute approximate surface area is 227 Å². The second kappa shape index (κ2) is 10.4. The molecule has 1 aromatic carbocycles. The zero-order chi connectivity index (χ0) is 27.9. The summed E-state index contributed by atoms with van der Waals surface area (Å²) >= 11 is 0. The minimum atomic E-state index is -1.91. The first-order valence-electron chi connectivity index (χ1n) is 13.4. The van der Waals surface area contributed by atoms with E-state index in [0.29, 0.717) is 31.2 Å². The number of hydrogen-bond acceptors (Lipinski definition) is 7. The van der Waals surface area contributed by atoms with Crippen molar-refractivity contribution < 1.29 is 23.6 Å². The summed E-state index contributed by atoms with van der Waals surface area (Å²) in [5.41, 5.74) is 1.60. The lowest BCUT2D eigenvalue weighted by atomic mass is 9.78. The van der Waals surface area contributed by atoms with Crippen molar-refractivity contribution in [3.63, 3.8) is 0 Å². The summed E-state index contributed by atoms with van der Waals surface area (Å²) in [5.74, 6) is 1.37. The molecular formula is C28H42BN3O5Si. The molecule has 1 aliphatic heterocycles. The highest BCUT2D eigenvalue weighted by Gasteiger charge is 2.52. The monoisotopic (exact) mass is 539 g/mol. The zero-order valence-electron chi connectivity index (χ0n) is 24.3. The number of aliphatic hydroxyl groups is 1. The van der Waals surface area contributed by atoms with E-state index >= 15 is 0 Å². The number of aliphatic hydroxyl groups excluding tert-OH is 1. The number of hydrogen-bond donors (Lipinski definition) is 1. The predicted octanol–water partition coefficient (Wildman–Crippen LogP) is 5.00. The molecule has 0 saturated carbocycles. The van der Waals surface area contributed by atoms with E-state index in [9.17, 15) is 5.11 Å². The molecule has 0 atom stereocenters. The van der Waals surface area contributed by atoms with Crippen molar-refractivity contribution in [2.45, 2.75) is 90.8 Å². The molecule has 1 N–H and O–H groups in total. The molecule has 0 unspecified atom stereocenters. The molecule has 0 aliphatic carbocycles. The van der Waals surface area contributed by atoms with Gasteiger partial charge in [-0.2, -0.15) is 5.10 Å². The Hall–Kier alpha value is -2.24. The quantitative estimate of drug-likeness (QED) is 0.302. The van der Waals surface area contributed by atoms with Crippen LogP contribution in [0.1, 0.15) is 60.6 Å². The van der Waals surface area contributed by atoms with Crippen LogP contribution in [0.4, 0.5) is 0 Å². The van der Waals surface area contributed by atoms with E-state index in [1.165, 1.54) is 0 Å². The highest BCUT2D eigenvalue weighted by molar-refractivity contribution is 6.74. The predicted molar refractivity (Wildman–Crippen MR) is 154 cm³/mol. The zero-order valence-corrected chi connectivity index (χ0v) is 25.3. The first kappa shape index (κ1) is 28.8. The molecule has 206 valence electrons. The van der Waals surface area contributed by atoms with Crippen molar-refractivity contribution in [1.82, 2.24) is 14.8 Å². The number of benzene rings is 1. The number of aromatic nitrogens is 3. The van der Waals surface area contributed by atoms with Gasteiger partial charge in [0.25, 0.3) is 0 Å². The average molecular weight is 540 g/mol. The molecule has 0 radical (unpaired) electrons. The van der Waals surface area contributed by atoms with Gasteiger partial charge >= 0.3 is 7.12 Å². The summed E-state index contributed by atoms with van der Waals surface area (Å²) in [6, 6.07) is 9.89. The van der Waals surface area contributed by atoms with Crippen molar-refractivity contribution in [3.05, 3.63) is 42.2 Å². The molecule has 3 aromatic rings. The van der Waals surface area contributed by atoms with Crippen LogP contribution >= 0.6 is 0 Å². The van der Waals surface area contributed by atoms with Gasteiger partial charge in [0.05, 0.1) is 47.2 Å². The van der Waals surface area contributed by atoms with E-state index in [4.69, 9.17) is 23.5 Å². The summed E-state index contributed by atoms with van der Waals surface area (Å²) in [7, 11) is -2.46. The molecule has 0 spiro atoms. The summed E-state index contributed by atoms with van der Waals surface area (Å²) in [5, 5.41) is 14.9. The third-order valence-corrected chi connectivity index (χ3v) is 12.6. The van der Waals surface area contributed by atoms with Gasteiger partial charge in [-0.1, -0.05) is 26.8 Å². The largest absolute Gasteiger partial charge is 0.495 e. The number of rotatable bonds is 9. The lowest BCUT2D eigenvalue weighted by molar-refractivity contribution is 0.00578. The van der Waals surface area contributed by atoms with Gasteiger partial charge in [0, 0.05) is 13.0 Å². The molecule has 2 aromatic heterocycles. The minimum absolute atomic E-state index is 0.0625. The minimum Gasteiger partial charge on any atom is -0.493 e. The molecule has 0 amide bonds. The lowest BCUT2D eigenvalue weighted by Crippen LogP contribution is -2.41. The maximum atomic E-state index is 9.26. The third-order valence-electron chi connectivity index (χ3n) is 8.15. The molecule has 3 heterocycles. The van der Waals surface area contributed by atoms with Crippen LogP contribution in [0.3, 0.4) is 0 Å². The molecule has 8 nitrogen and oxygen atoms in total. The van der Waals surface area contributed by atoms with Crippen molar-refractivity contribution in [2.75, 3.05) is 13.2 Å². The SMILES string of the molecule is CC1(C)OB(c2cc(OCCCO)c3cnn(-c4cccc(CO[Si](C)(C)C(C)(C)C)n4)c3c2)OC1(C)C. The van der Waals surface area contributed by atoms with Gasteiger partial charge < -0.3 is 23.6 Å². The van der Waals surface area contributed by atoms with Crippen LogP contribution in [0.2, 0.25) is 18.1 Å². The molecule has 4 rings (SSSR count). The van der Waals surface area contributed by atoms with Crippen LogP contribution in [0.25, 0.3) is 16.7 Å². The summed E-state index contributed by atoms with van der Waals surface area (Å²) < 4.78 is 27.0. The highest BCUT2D eigenvalue weighted by atomic mass is 28.4. The normalized spacial score (nSPS) is 17.4. The van der Waals surface area contributed by atoms with Crippen molar-refractivity contribution in [2.24, 2.45) is 0 Å². The summed E-state index contributed by atoms with van der Waals surface area (Å²) in [6.07, 6.45) is 2.33. The Morgan fingerprint density at radius 1 is 1.08 bits per heavy atom. The molecule has 38 heavy (non-hydrogen) atoms. The number of fused-ring (bicyclic) bond motifs is 1. The smallest absolute Gasteiger partial charge is 0.493 e. The van der Waals surface area contributed by atoms with E-state index in [2.05, 4.69) is 39.0 Å². The fourth-order valence-corrected chi connectivity index (χ4v) is 4.86. The van der Waals surface area contributed by atoms with Crippen LogP contribution in [-0.2, 0) is 20.3 Å². The highest BCUT2D eigenvalue weighted by Crippen LogP contribution is 2.38. The Balaban J connectivity index is 1.71. The Kier molecular flexibility index (Phi) is 7.86. The molecule has 1 saturated heterocycles. The van der Waals surface area contributed by atoms with Crippen molar-refractivity contribution in [1.29, 1.82) is 0 Å². The maximum absolute atomic E-state index is 9.26. The van der Waals surface area contributed by atoms with E-state index < -0.39 is 26.6 Å². The molecule has 10 heteroatoms. The van der Waals surface area contributed by atoms with E-state index in [1.807, 2.05) is 62.7 Å². The first-order chi connectivity index (χ1) is 17.6. The van der Waals surface area contributed by atoms with Crippen molar-refractivity contribution >= 4 is 31.8 Å². The summed E-state index contributed by atoms with van der Waals surface area (Å²) in [4.78, 5) is 4.89. The van der Waals surface area contributed by atoms with Crippen LogP contribution in [-0.4, -0.2) is 59.7 Å². The van der Waals surface area contributed by atoms with Gasteiger partial charge in [0.15, 0.2) is 14.1 Å². The van der Waals surface area contributed by atoms with Gasteiger partial charge in [-0.25, -0.2) is 9.67 Å².